The molecule has 5 heteroatoms. The molecule has 198 valence electrons. The minimum Gasteiger partial charge on any atom is -0.469 e. The van der Waals surface area contributed by atoms with Crippen molar-refractivity contribution in [1.82, 2.24) is 0 Å². The highest BCUT2D eigenvalue weighted by Gasteiger charge is 2.26. The zero-order valence-electron chi connectivity index (χ0n) is 22.7. The third kappa shape index (κ3) is 19.4. The Morgan fingerprint density at radius 2 is 1.15 bits per heavy atom. The van der Waals surface area contributed by atoms with E-state index in [9.17, 15) is 4.79 Å². The molecule has 0 aliphatic rings. The normalized spacial score (nSPS) is 14.2. The van der Waals surface area contributed by atoms with Crippen molar-refractivity contribution in [3.8, 4) is 0 Å². The summed E-state index contributed by atoms with van der Waals surface area (Å²) in [7, 11) is 1.46. The van der Waals surface area contributed by atoms with Crippen LogP contribution in [0.4, 0.5) is 0 Å². The number of esters is 1. The highest BCUT2D eigenvalue weighted by atomic mass is 16.5. The molecule has 3 unspecified atom stereocenters. The number of hydrogen-bond acceptors (Lipinski definition) is 5. The van der Waals surface area contributed by atoms with Gasteiger partial charge >= 0.3 is 5.97 Å². The topological polar surface area (TPSA) is 54.0 Å². The van der Waals surface area contributed by atoms with E-state index in [1.807, 2.05) is 0 Å². The summed E-state index contributed by atoms with van der Waals surface area (Å²) in [4.78, 5) is 11.2. The van der Waals surface area contributed by atoms with Gasteiger partial charge in [0, 0.05) is 32.7 Å². The van der Waals surface area contributed by atoms with Gasteiger partial charge in [0.1, 0.15) is 0 Å². The van der Waals surface area contributed by atoms with Gasteiger partial charge in [-0.25, -0.2) is 0 Å². The predicted octanol–water partition coefficient (Wildman–Crippen LogP) is 7.64. The first-order valence-corrected chi connectivity index (χ1v) is 14.0. The second kappa shape index (κ2) is 24.5. The molecule has 0 aromatic carbocycles. The number of unbranched alkanes of at least 4 members (excludes halogenated alkanes) is 7. The quantitative estimate of drug-likeness (QED) is 0.101. The standard InChI is InChI=1S/C28H56O5/c1-6-10-11-15-18-25(31-21-7-2)24-27(33-23-9-4)26(32-22-8-3)19-16-13-12-14-17-20-28(29)30-5/h25-27H,6-24H2,1-5H3. The molecule has 0 amide bonds. The van der Waals surface area contributed by atoms with Crippen LogP contribution in [-0.2, 0) is 23.7 Å². The number of ether oxygens (including phenoxy) is 4. The first kappa shape index (κ1) is 32.4. The molecule has 5 nitrogen and oxygen atoms in total. The van der Waals surface area contributed by atoms with Crippen molar-refractivity contribution < 1.29 is 23.7 Å². The van der Waals surface area contributed by atoms with Gasteiger partial charge in [0.05, 0.1) is 25.4 Å². The molecule has 0 bridgehead atoms. The van der Waals surface area contributed by atoms with Crippen molar-refractivity contribution in [1.29, 1.82) is 0 Å². The van der Waals surface area contributed by atoms with E-state index in [4.69, 9.17) is 18.9 Å². The average Bonchev–Trinajstić information content (AvgIpc) is 2.83. The third-order valence-corrected chi connectivity index (χ3v) is 6.02. The van der Waals surface area contributed by atoms with Crippen LogP contribution < -0.4 is 0 Å². The highest BCUT2D eigenvalue weighted by Crippen LogP contribution is 2.23. The van der Waals surface area contributed by atoms with Crippen LogP contribution in [0, 0.1) is 0 Å². The van der Waals surface area contributed by atoms with Crippen LogP contribution in [0.5, 0.6) is 0 Å². The Labute approximate surface area is 205 Å². The Bertz CT molecular complexity index is 415. The fourth-order valence-electron chi connectivity index (χ4n) is 4.10. The van der Waals surface area contributed by atoms with Crippen LogP contribution in [0.2, 0.25) is 0 Å². The van der Waals surface area contributed by atoms with Crippen molar-refractivity contribution in [3.05, 3.63) is 0 Å². The number of carbonyl (C=O) groups is 1. The van der Waals surface area contributed by atoms with Crippen LogP contribution in [0.3, 0.4) is 0 Å². The first-order valence-electron chi connectivity index (χ1n) is 14.0. The third-order valence-electron chi connectivity index (χ3n) is 6.02. The van der Waals surface area contributed by atoms with E-state index in [0.29, 0.717) is 6.42 Å². The van der Waals surface area contributed by atoms with E-state index in [-0.39, 0.29) is 24.3 Å². The maximum absolute atomic E-state index is 11.2. The van der Waals surface area contributed by atoms with Gasteiger partial charge in [-0.1, -0.05) is 79.1 Å². The number of hydrogen-bond donors (Lipinski definition) is 0. The van der Waals surface area contributed by atoms with Gasteiger partial charge in [0.15, 0.2) is 0 Å². The molecule has 0 aliphatic carbocycles. The maximum Gasteiger partial charge on any atom is 0.305 e. The van der Waals surface area contributed by atoms with Crippen molar-refractivity contribution >= 4 is 5.97 Å². The van der Waals surface area contributed by atoms with Gasteiger partial charge in [-0.2, -0.15) is 0 Å². The Morgan fingerprint density at radius 3 is 1.79 bits per heavy atom. The van der Waals surface area contributed by atoms with E-state index < -0.39 is 0 Å². The fourth-order valence-corrected chi connectivity index (χ4v) is 4.10. The van der Waals surface area contributed by atoms with Gasteiger partial charge in [-0.15, -0.1) is 0 Å². The van der Waals surface area contributed by atoms with Crippen molar-refractivity contribution in [3.63, 3.8) is 0 Å². The summed E-state index contributed by atoms with van der Waals surface area (Å²) in [5.74, 6) is -0.103. The van der Waals surface area contributed by atoms with Crippen LogP contribution in [-0.4, -0.2) is 51.2 Å². The lowest BCUT2D eigenvalue weighted by molar-refractivity contribution is -0.140. The van der Waals surface area contributed by atoms with Gasteiger partial charge in [-0.05, 0) is 38.5 Å². The molecule has 0 aromatic heterocycles. The molecule has 0 heterocycles. The average molecular weight is 473 g/mol. The lowest BCUT2D eigenvalue weighted by atomic mass is 9.97. The minimum absolute atomic E-state index is 0.101. The van der Waals surface area contributed by atoms with Gasteiger partial charge in [0.2, 0.25) is 0 Å². The lowest BCUT2D eigenvalue weighted by Crippen LogP contribution is -2.36. The molecule has 3 atom stereocenters. The van der Waals surface area contributed by atoms with Crippen LogP contribution >= 0.6 is 0 Å². The molecule has 0 spiro atoms. The van der Waals surface area contributed by atoms with E-state index >= 15 is 0 Å². The van der Waals surface area contributed by atoms with E-state index in [0.717, 1.165) is 84.0 Å². The summed E-state index contributed by atoms with van der Waals surface area (Å²) in [5, 5.41) is 0. The zero-order valence-corrected chi connectivity index (χ0v) is 22.7. The maximum atomic E-state index is 11.2. The molecule has 0 saturated carbocycles. The summed E-state index contributed by atoms with van der Waals surface area (Å²) >= 11 is 0. The Morgan fingerprint density at radius 1 is 0.606 bits per heavy atom. The molecule has 0 radical (unpaired) electrons. The van der Waals surface area contributed by atoms with Crippen molar-refractivity contribution in [2.45, 2.75) is 149 Å². The Kier molecular flexibility index (Phi) is 24.0. The Balaban J connectivity index is 4.78. The minimum atomic E-state index is -0.103. The summed E-state index contributed by atoms with van der Waals surface area (Å²) in [6.07, 6.45) is 17.7. The van der Waals surface area contributed by atoms with Crippen LogP contribution in [0.1, 0.15) is 130 Å². The predicted molar refractivity (Wildman–Crippen MR) is 138 cm³/mol. The monoisotopic (exact) mass is 472 g/mol. The first-order chi connectivity index (χ1) is 16.1. The number of rotatable bonds is 25. The molecule has 0 N–H and O–H groups in total. The number of carbonyl (C=O) groups excluding carboxylic acids is 1. The summed E-state index contributed by atoms with van der Waals surface area (Å²) in [6, 6.07) is 0. The SMILES string of the molecule is CCCCCCC(CC(OCCC)C(CCCCCCCC(=O)OC)OCCC)OCCC. The van der Waals surface area contributed by atoms with Gasteiger partial charge < -0.3 is 18.9 Å². The molecule has 0 aliphatic heterocycles. The summed E-state index contributed by atoms with van der Waals surface area (Å²) in [6.45, 7) is 11.2. The fraction of sp³-hybridized carbons (Fsp3) is 0.964. The Hall–Kier alpha value is -0.650. The van der Waals surface area contributed by atoms with E-state index in [1.165, 1.54) is 39.2 Å². The molecule has 33 heavy (non-hydrogen) atoms. The molecular weight excluding hydrogens is 416 g/mol. The van der Waals surface area contributed by atoms with E-state index in [2.05, 4.69) is 27.7 Å². The molecule has 0 aromatic rings. The largest absolute Gasteiger partial charge is 0.469 e. The molecule has 0 rings (SSSR count). The summed E-state index contributed by atoms with van der Waals surface area (Å²) < 4.78 is 23.7. The second-order valence-corrected chi connectivity index (χ2v) is 9.28. The van der Waals surface area contributed by atoms with Crippen molar-refractivity contribution in [2.75, 3.05) is 26.9 Å². The molecule has 0 saturated heterocycles. The highest BCUT2D eigenvalue weighted by molar-refractivity contribution is 5.68. The van der Waals surface area contributed by atoms with Gasteiger partial charge in [0.25, 0.3) is 0 Å². The van der Waals surface area contributed by atoms with Gasteiger partial charge in [-0.3, -0.25) is 4.79 Å². The lowest BCUT2D eigenvalue weighted by Gasteiger charge is -2.31. The van der Waals surface area contributed by atoms with Crippen LogP contribution in [0.15, 0.2) is 0 Å². The van der Waals surface area contributed by atoms with E-state index in [1.54, 1.807) is 0 Å². The second-order valence-electron chi connectivity index (χ2n) is 9.28. The molecule has 0 fully saturated rings. The smallest absolute Gasteiger partial charge is 0.305 e. The van der Waals surface area contributed by atoms with Crippen molar-refractivity contribution in [2.24, 2.45) is 0 Å². The molecular formula is C28H56O5. The summed E-state index contributed by atoms with van der Waals surface area (Å²) in [5.41, 5.74) is 0. The number of methoxy groups -OCH3 is 1. The zero-order chi connectivity index (χ0) is 24.6. The van der Waals surface area contributed by atoms with Crippen LogP contribution in [0.25, 0.3) is 0 Å².